The molecule has 0 aromatic carbocycles. The van der Waals surface area contributed by atoms with E-state index >= 15 is 0 Å². The molecular weight excluding hydrogens is 254 g/mol. The van der Waals surface area contributed by atoms with Gasteiger partial charge in [0.25, 0.3) is 0 Å². The highest BCUT2D eigenvalue weighted by Gasteiger charge is 2.15. The first-order valence-electron chi connectivity index (χ1n) is 8.09. The standard InChI is InChI=1S/C20H35N/c1-9-18(12-11-15-21(8)20(5,6)7)16-19(10-2)14-13-17(3)4/h9-10,13-14,16-17H,2,11-12,15H2,1,3-8H3/b14-13+,18-9-,19-16+. The SMILES string of the molecule is C=CC(/C=C/C(C)C)=C\C(=C/C)CCCN(C)C(C)(C)C. The summed E-state index contributed by atoms with van der Waals surface area (Å²) in [7, 11) is 2.20. The third-order valence-corrected chi connectivity index (χ3v) is 3.74. The fourth-order valence-electron chi connectivity index (χ4n) is 1.85. The van der Waals surface area contributed by atoms with Gasteiger partial charge in [-0.25, -0.2) is 0 Å². The monoisotopic (exact) mass is 289 g/mol. The van der Waals surface area contributed by atoms with Crippen molar-refractivity contribution in [2.45, 2.75) is 59.9 Å². The van der Waals surface area contributed by atoms with Crippen LogP contribution in [0.3, 0.4) is 0 Å². The maximum absolute atomic E-state index is 3.91. The summed E-state index contributed by atoms with van der Waals surface area (Å²) in [5, 5.41) is 0. The van der Waals surface area contributed by atoms with Gasteiger partial charge in [-0.3, -0.25) is 0 Å². The molecule has 0 atom stereocenters. The Morgan fingerprint density at radius 2 is 1.86 bits per heavy atom. The third-order valence-electron chi connectivity index (χ3n) is 3.74. The molecule has 0 rings (SSSR count). The molecule has 0 amide bonds. The first-order valence-corrected chi connectivity index (χ1v) is 8.09. The summed E-state index contributed by atoms with van der Waals surface area (Å²) in [4.78, 5) is 2.41. The van der Waals surface area contributed by atoms with E-state index in [2.05, 4.69) is 84.4 Å². The van der Waals surface area contributed by atoms with E-state index in [1.165, 1.54) is 17.6 Å². The van der Waals surface area contributed by atoms with Crippen molar-refractivity contribution in [2.24, 2.45) is 5.92 Å². The van der Waals surface area contributed by atoms with Crippen LogP contribution in [0.25, 0.3) is 0 Å². The Kier molecular flexibility index (Phi) is 9.28. The van der Waals surface area contributed by atoms with E-state index in [-0.39, 0.29) is 5.54 Å². The highest BCUT2D eigenvalue weighted by atomic mass is 15.1. The topological polar surface area (TPSA) is 3.24 Å². The van der Waals surface area contributed by atoms with Gasteiger partial charge in [0, 0.05) is 5.54 Å². The summed E-state index contributed by atoms with van der Waals surface area (Å²) < 4.78 is 0. The molecule has 0 N–H and O–H groups in total. The molecule has 0 saturated carbocycles. The van der Waals surface area contributed by atoms with Gasteiger partial charge >= 0.3 is 0 Å². The van der Waals surface area contributed by atoms with Crippen LogP contribution in [0, 0.1) is 5.92 Å². The molecule has 120 valence electrons. The van der Waals surface area contributed by atoms with Gasteiger partial charge in [0.2, 0.25) is 0 Å². The third kappa shape index (κ3) is 9.47. The van der Waals surface area contributed by atoms with Gasteiger partial charge in [0.15, 0.2) is 0 Å². The van der Waals surface area contributed by atoms with Crippen molar-refractivity contribution in [2.75, 3.05) is 13.6 Å². The summed E-state index contributed by atoms with van der Waals surface area (Å²) in [6.07, 6.45) is 13.1. The lowest BCUT2D eigenvalue weighted by atomic mass is 10.0. The van der Waals surface area contributed by atoms with Crippen LogP contribution < -0.4 is 0 Å². The van der Waals surface area contributed by atoms with Crippen LogP contribution in [-0.4, -0.2) is 24.0 Å². The molecule has 0 aromatic rings. The lowest BCUT2D eigenvalue weighted by Crippen LogP contribution is -2.38. The summed E-state index contributed by atoms with van der Waals surface area (Å²) in [6.45, 7) is 18.3. The summed E-state index contributed by atoms with van der Waals surface area (Å²) in [6, 6.07) is 0. The van der Waals surface area contributed by atoms with Gasteiger partial charge in [0.1, 0.15) is 0 Å². The van der Waals surface area contributed by atoms with Crippen LogP contribution in [0.15, 0.2) is 48.1 Å². The maximum atomic E-state index is 3.91. The fraction of sp³-hybridized carbons (Fsp3) is 0.600. The molecule has 0 saturated heterocycles. The lowest BCUT2D eigenvalue weighted by Gasteiger charge is -2.31. The van der Waals surface area contributed by atoms with Crippen molar-refractivity contribution >= 4 is 0 Å². The summed E-state index contributed by atoms with van der Waals surface area (Å²) in [5.74, 6) is 0.572. The van der Waals surface area contributed by atoms with E-state index in [1.807, 2.05) is 6.08 Å². The normalized spacial score (nSPS) is 14.5. The van der Waals surface area contributed by atoms with Crippen molar-refractivity contribution in [1.82, 2.24) is 4.90 Å². The first-order chi connectivity index (χ1) is 9.70. The van der Waals surface area contributed by atoms with Gasteiger partial charge in [-0.2, -0.15) is 0 Å². The highest BCUT2D eigenvalue weighted by Crippen LogP contribution is 2.15. The van der Waals surface area contributed by atoms with E-state index < -0.39 is 0 Å². The zero-order valence-corrected chi connectivity index (χ0v) is 15.2. The molecule has 21 heavy (non-hydrogen) atoms. The Hall–Kier alpha value is -1.08. The zero-order chi connectivity index (χ0) is 16.5. The molecule has 0 aliphatic heterocycles. The molecule has 0 radical (unpaired) electrons. The van der Waals surface area contributed by atoms with Crippen LogP contribution in [0.1, 0.15) is 54.4 Å². The second kappa shape index (κ2) is 9.78. The van der Waals surface area contributed by atoms with Crippen LogP contribution in [0.4, 0.5) is 0 Å². The smallest absolute Gasteiger partial charge is 0.0122 e. The first kappa shape index (κ1) is 19.9. The average Bonchev–Trinajstić information content (AvgIpc) is 2.39. The number of nitrogens with zero attached hydrogens (tertiary/aromatic N) is 1. The van der Waals surface area contributed by atoms with Crippen molar-refractivity contribution in [1.29, 1.82) is 0 Å². The number of allylic oxidation sites excluding steroid dienone is 7. The molecule has 0 bridgehead atoms. The van der Waals surface area contributed by atoms with Gasteiger partial charge in [0.05, 0.1) is 0 Å². The number of hydrogen-bond donors (Lipinski definition) is 0. The Morgan fingerprint density at radius 3 is 2.29 bits per heavy atom. The predicted octanol–water partition coefficient (Wildman–Crippen LogP) is 5.77. The zero-order valence-electron chi connectivity index (χ0n) is 15.2. The van der Waals surface area contributed by atoms with Crippen LogP contribution >= 0.6 is 0 Å². The second-order valence-corrected chi connectivity index (χ2v) is 7.01. The molecular formula is C20H35N. The van der Waals surface area contributed by atoms with Crippen LogP contribution in [-0.2, 0) is 0 Å². The van der Waals surface area contributed by atoms with Crippen molar-refractivity contribution in [3.05, 3.63) is 48.1 Å². The van der Waals surface area contributed by atoms with E-state index in [0.717, 1.165) is 13.0 Å². The van der Waals surface area contributed by atoms with Crippen LogP contribution in [0.5, 0.6) is 0 Å². The molecule has 0 heterocycles. The minimum Gasteiger partial charge on any atom is -0.302 e. The average molecular weight is 290 g/mol. The molecule has 0 aliphatic carbocycles. The maximum Gasteiger partial charge on any atom is 0.0122 e. The highest BCUT2D eigenvalue weighted by molar-refractivity contribution is 5.36. The summed E-state index contributed by atoms with van der Waals surface area (Å²) in [5.41, 5.74) is 2.83. The van der Waals surface area contributed by atoms with E-state index in [1.54, 1.807) is 0 Å². The Bertz CT molecular complexity index is 389. The number of hydrogen-bond acceptors (Lipinski definition) is 1. The van der Waals surface area contributed by atoms with Gasteiger partial charge < -0.3 is 4.90 Å². The largest absolute Gasteiger partial charge is 0.302 e. The Labute approximate surface area is 133 Å². The molecule has 0 fully saturated rings. The lowest BCUT2D eigenvalue weighted by molar-refractivity contribution is 0.174. The minimum atomic E-state index is 0.248. The van der Waals surface area contributed by atoms with Gasteiger partial charge in [-0.1, -0.05) is 56.4 Å². The predicted molar refractivity (Wildman–Crippen MR) is 97.6 cm³/mol. The molecule has 0 aliphatic rings. The molecule has 0 unspecified atom stereocenters. The van der Waals surface area contributed by atoms with E-state index in [4.69, 9.17) is 0 Å². The van der Waals surface area contributed by atoms with Gasteiger partial charge in [-0.15, -0.1) is 0 Å². The summed E-state index contributed by atoms with van der Waals surface area (Å²) >= 11 is 0. The molecule has 1 heteroatoms. The van der Waals surface area contributed by atoms with Crippen molar-refractivity contribution in [3.63, 3.8) is 0 Å². The quantitative estimate of drug-likeness (QED) is 0.513. The molecule has 1 nitrogen and oxygen atoms in total. The Balaban J connectivity index is 4.56. The molecule has 0 spiro atoms. The van der Waals surface area contributed by atoms with Crippen LogP contribution in [0.2, 0.25) is 0 Å². The second-order valence-electron chi connectivity index (χ2n) is 7.01. The van der Waals surface area contributed by atoms with Crippen molar-refractivity contribution < 1.29 is 0 Å². The van der Waals surface area contributed by atoms with Crippen molar-refractivity contribution in [3.8, 4) is 0 Å². The Morgan fingerprint density at radius 1 is 1.24 bits per heavy atom. The minimum absolute atomic E-state index is 0.248. The molecule has 0 aromatic heterocycles. The van der Waals surface area contributed by atoms with Gasteiger partial charge in [-0.05, 0) is 65.6 Å². The van der Waals surface area contributed by atoms with E-state index in [0.29, 0.717) is 5.92 Å². The number of rotatable bonds is 8. The fourth-order valence-corrected chi connectivity index (χ4v) is 1.85. The van der Waals surface area contributed by atoms with E-state index in [9.17, 15) is 0 Å².